The van der Waals surface area contributed by atoms with Crippen molar-refractivity contribution in [3.05, 3.63) is 48.4 Å². The number of benzene rings is 1. The summed E-state index contributed by atoms with van der Waals surface area (Å²) in [6.45, 7) is 2.83. The molecule has 1 aromatic carbocycles. The SMILES string of the molecule is CCOc1ccc(OCC(=O)N(CCC(=O)OC)Cc2ccco2)cc1. The quantitative estimate of drug-likeness (QED) is 0.606. The number of carbonyl (C=O) groups excluding carboxylic acids is 2. The van der Waals surface area contributed by atoms with Gasteiger partial charge in [-0.1, -0.05) is 0 Å². The molecule has 1 heterocycles. The van der Waals surface area contributed by atoms with Crippen LogP contribution in [0.1, 0.15) is 19.1 Å². The van der Waals surface area contributed by atoms with Crippen LogP contribution in [0.4, 0.5) is 0 Å². The Balaban J connectivity index is 1.92. The number of amides is 1. The van der Waals surface area contributed by atoms with E-state index in [-0.39, 0.29) is 38.0 Å². The smallest absolute Gasteiger partial charge is 0.307 e. The number of hydrogen-bond acceptors (Lipinski definition) is 6. The van der Waals surface area contributed by atoms with E-state index in [1.807, 2.05) is 6.92 Å². The van der Waals surface area contributed by atoms with Gasteiger partial charge in [0.15, 0.2) is 6.61 Å². The van der Waals surface area contributed by atoms with Gasteiger partial charge < -0.3 is 23.5 Å². The topological polar surface area (TPSA) is 78.2 Å². The van der Waals surface area contributed by atoms with E-state index in [9.17, 15) is 9.59 Å². The molecule has 0 saturated carbocycles. The number of nitrogens with zero attached hydrogens (tertiary/aromatic N) is 1. The summed E-state index contributed by atoms with van der Waals surface area (Å²) in [6, 6.07) is 10.6. The van der Waals surface area contributed by atoms with Gasteiger partial charge in [0.25, 0.3) is 5.91 Å². The number of ether oxygens (including phenoxy) is 3. The lowest BCUT2D eigenvalue weighted by Crippen LogP contribution is -2.36. The highest BCUT2D eigenvalue weighted by Gasteiger charge is 2.17. The van der Waals surface area contributed by atoms with Gasteiger partial charge in [-0.05, 0) is 43.3 Å². The maximum Gasteiger partial charge on any atom is 0.307 e. The first-order chi connectivity index (χ1) is 12.6. The van der Waals surface area contributed by atoms with Crippen molar-refractivity contribution in [2.75, 3.05) is 26.9 Å². The van der Waals surface area contributed by atoms with Crippen LogP contribution < -0.4 is 9.47 Å². The van der Waals surface area contributed by atoms with Crippen LogP contribution in [-0.4, -0.2) is 43.6 Å². The molecule has 0 aliphatic carbocycles. The fourth-order valence-electron chi connectivity index (χ4n) is 2.25. The van der Waals surface area contributed by atoms with E-state index in [0.717, 1.165) is 5.75 Å². The Morgan fingerprint density at radius 1 is 1.08 bits per heavy atom. The minimum atomic E-state index is -0.380. The molecular weight excluding hydrogens is 338 g/mol. The van der Waals surface area contributed by atoms with E-state index in [1.165, 1.54) is 18.3 Å². The molecule has 0 spiro atoms. The van der Waals surface area contributed by atoms with Crippen molar-refractivity contribution < 1.29 is 28.2 Å². The zero-order valence-corrected chi connectivity index (χ0v) is 15.0. The molecule has 2 rings (SSSR count). The zero-order chi connectivity index (χ0) is 18.8. The Hall–Kier alpha value is -2.96. The molecule has 0 unspecified atom stereocenters. The molecule has 26 heavy (non-hydrogen) atoms. The molecule has 1 aromatic heterocycles. The minimum absolute atomic E-state index is 0.103. The minimum Gasteiger partial charge on any atom is -0.494 e. The lowest BCUT2D eigenvalue weighted by atomic mass is 10.3. The molecule has 1 amide bonds. The lowest BCUT2D eigenvalue weighted by Gasteiger charge is -2.21. The van der Waals surface area contributed by atoms with Gasteiger partial charge in [0.05, 0.1) is 32.9 Å². The highest BCUT2D eigenvalue weighted by atomic mass is 16.5. The zero-order valence-electron chi connectivity index (χ0n) is 15.0. The fraction of sp³-hybridized carbons (Fsp3) is 0.368. The van der Waals surface area contributed by atoms with E-state index in [4.69, 9.17) is 13.9 Å². The third kappa shape index (κ3) is 6.16. The summed E-state index contributed by atoms with van der Waals surface area (Å²) in [7, 11) is 1.32. The number of hydrogen-bond donors (Lipinski definition) is 0. The number of esters is 1. The molecule has 7 nitrogen and oxygen atoms in total. The molecular formula is C19H23NO6. The van der Waals surface area contributed by atoms with Gasteiger partial charge in [-0.2, -0.15) is 0 Å². The van der Waals surface area contributed by atoms with Crippen LogP contribution in [0.2, 0.25) is 0 Å². The number of rotatable bonds is 10. The van der Waals surface area contributed by atoms with Crippen LogP contribution in [0, 0.1) is 0 Å². The van der Waals surface area contributed by atoms with Crippen molar-refractivity contribution in [2.24, 2.45) is 0 Å². The van der Waals surface area contributed by atoms with Crippen molar-refractivity contribution >= 4 is 11.9 Å². The molecule has 0 aliphatic heterocycles. The molecule has 7 heteroatoms. The van der Waals surface area contributed by atoms with Gasteiger partial charge in [0.1, 0.15) is 17.3 Å². The monoisotopic (exact) mass is 361 g/mol. The van der Waals surface area contributed by atoms with Gasteiger partial charge in [0, 0.05) is 6.54 Å². The molecule has 0 radical (unpaired) electrons. The summed E-state index contributed by atoms with van der Waals surface area (Å²) >= 11 is 0. The van der Waals surface area contributed by atoms with Gasteiger partial charge in [-0.15, -0.1) is 0 Å². The summed E-state index contributed by atoms with van der Waals surface area (Å²) in [5.74, 6) is 1.30. The van der Waals surface area contributed by atoms with Crippen molar-refractivity contribution in [2.45, 2.75) is 19.9 Å². The highest BCUT2D eigenvalue weighted by molar-refractivity contribution is 5.78. The Morgan fingerprint density at radius 3 is 2.35 bits per heavy atom. The Bertz CT molecular complexity index is 681. The van der Waals surface area contributed by atoms with E-state index < -0.39 is 0 Å². The Morgan fingerprint density at radius 2 is 1.77 bits per heavy atom. The molecule has 0 bridgehead atoms. The first-order valence-electron chi connectivity index (χ1n) is 8.35. The summed E-state index contributed by atoms with van der Waals surface area (Å²) < 4.78 is 20.8. The maximum absolute atomic E-state index is 12.5. The molecule has 0 atom stereocenters. The molecule has 0 fully saturated rings. The number of carbonyl (C=O) groups is 2. The lowest BCUT2D eigenvalue weighted by molar-refractivity contribution is -0.142. The summed E-state index contributed by atoms with van der Waals surface area (Å²) in [5, 5.41) is 0. The van der Waals surface area contributed by atoms with E-state index in [0.29, 0.717) is 18.1 Å². The van der Waals surface area contributed by atoms with Crippen LogP contribution >= 0.6 is 0 Å². The normalized spacial score (nSPS) is 10.2. The van der Waals surface area contributed by atoms with Crippen LogP contribution in [0.3, 0.4) is 0 Å². The second-order valence-corrected chi connectivity index (χ2v) is 5.41. The predicted octanol–water partition coefficient (Wildman–Crippen LogP) is 2.65. The van der Waals surface area contributed by atoms with Crippen LogP contribution in [0.5, 0.6) is 11.5 Å². The van der Waals surface area contributed by atoms with Gasteiger partial charge >= 0.3 is 5.97 Å². The molecule has 0 N–H and O–H groups in total. The van der Waals surface area contributed by atoms with Crippen molar-refractivity contribution in [1.82, 2.24) is 4.90 Å². The molecule has 2 aromatic rings. The molecule has 140 valence electrons. The summed E-state index contributed by atoms with van der Waals surface area (Å²) in [6.07, 6.45) is 1.64. The van der Waals surface area contributed by atoms with Crippen LogP contribution in [0.25, 0.3) is 0 Å². The Labute approximate surface area is 152 Å². The fourth-order valence-corrected chi connectivity index (χ4v) is 2.25. The Kier molecular flexibility index (Phi) is 7.54. The first kappa shape index (κ1) is 19.4. The van der Waals surface area contributed by atoms with E-state index >= 15 is 0 Å². The largest absolute Gasteiger partial charge is 0.494 e. The average Bonchev–Trinajstić information content (AvgIpc) is 3.17. The summed E-state index contributed by atoms with van der Waals surface area (Å²) in [5.41, 5.74) is 0. The first-order valence-corrected chi connectivity index (χ1v) is 8.35. The van der Waals surface area contributed by atoms with Crippen molar-refractivity contribution in [3.8, 4) is 11.5 Å². The molecule has 0 saturated heterocycles. The van der Waals surface area contributed by atoms with E-state index in [2.05, 4.69) is 4.74 Å². The average molecular weight is 361 g/mol. The number of furan rings is 1. The predicted molar refractivity (Wildman–Crippen MR) is 93.9 cm³/mol. The second-order valence-electron chi connectivity index (χ2n) is 5.41. The van der Waals surface area contributed by atoms with Gasteiger partial charge in [-0.25, -0.2) is 0 Å². The van der Waals surface area contributed by atoms with E-state index in [1.54, 1.807) is 36.4 Å². The van der Waals surface area contributed by atoms with Crippen LogP contribution in [0.15, 0.2) is 47.1 Å². The van der Waals surface area contributed by atoms with Gasteiger partial charge in [-0.3, -0.25) is 9.59 Å². The number of methoxy groups -OCH3 is 1. The standard InChI is InChI=1S/C19H23NO6/c1-3-24-15-6-8-16(9-7-15)26-14-18(21)20(11-10-19(22)23-2)13-17-5-4-12-25-17/h4-9,12H,3,10-11,13-14H2,1-2H3. The molecule has 0 aliphatic rings. The van der Waals surface area contributed by atoms with Crippen molar-refractivity contribution in [3.63, 3.8) is 0 Å². The summed E-state index contributed by atoms with van der Waals surface area (Å²) in [4.78, 5) is 25.4. The third-order valence-electron chi connectivity index (χ3n) is 3.59. The maximum atomic E-state index is 12.5. The van der Waals surface area contributed by atoms with Gasteiger partial charge in [0.2, 0.25) is 0 Å². The third-order valence-corrected chi connectivity index (χ3v) is 3.59. The highest BCUT2D eigenvalue weighted by Crippen LogP contribution is 2.17. The van der Waals surface area contributed by atoms with Crippen molar-refractivity contribution in [1.29, 1.82) is 0 Å². The second kappa shape index (κ2) is 10.1. The van der Waals surface area contributed by atoms with Crippen LogP contribution in [-0.2, 0) is 20.9 Å².